The van der Waals surface area contributed by atoms with Crippen molar-refractivity contribution in [2.24, 2.45) is 0 Å². The third kappa shape index (κ3) is 2.20. The number of hydrogen-bond donors (Lipinski definition) is 1. The van der Waals surface area contributed by atoms with Crippen LogP contribution in [0.4, 0.5) is 0 Å². The molecule has 0 aliphatic carbocycles. The topological polar surface area (TPSA) is 57.6 Å². The Hall–Kier alpha value is -2.98. The highest BCUT2D eigenvalue weighted by atomic mass is 16.3. The van der Waals surface area contributed by atoms with Crippen molar-refractivity contribution in [3.8, 4) is 0 Å². The number of carbonyl (C=O) groups is 2. The Bertz CT molecular complexity index is 899. The molecule has 1 atom stereocenters. The van der Waals surface area contributed by atoms with Crippen LogP contribution in [0.2, 0.25) is 0 Å². The van der Waals surface area contributed by atoms with Crippen molar-refractivity contribution in [3.63, 3.8) is 0 Å². The van der Waals surface area contributed by atoms with Gasteiger partial charge in [-0.1, -0.05) is 54.6 Å². The summed E-state index contributed by atoms with van der Waals surface area (Å²) in [6, 6.07) is 19.9. The maximum Gasteiger partial charge on any atom is 0.261 e. The zero-order valence-corrected chi connectivity index (χ0v) is 12.8. The minimum atomic E-state index is -0.913. The lowest BCUT2D eigenvalue weighted by atomic mass is 9.93. The first kappa shape index (κ1) is 14.6. The number of imide groups is 1. The fourth-order valence-corrected chi connectivity index (χ4v) is 3.20. The maximum atomic E-state index is 12.8. The van der Waals surface area contributed by atoms with E-state index in [4.69, 9.17) is 0 Å². The molecule has 4 rings (SSSR count). The molecule has 1 aliphatic heterocycles. The van der Waals surface area contributed by atoms with E-state index in [0.717, 1.165) is 10.3 Å². The molecule has 118 valence electrons. The molecule has 2 amide bonds. The van der Waals surface area contributed by atoms with Crippen LogP contribution >= 0.6 is 0 Å². The highest BCUT2D eigenvalue weighted by molar-refractivity contribution is 6.25. The minimum absolute atomic E-state index is 0.0631. The zero-order chi connectivity index (χ0) is 16.7. The number of nitrogens with zero attached hydrogens (tertiary/aromatic N) is 1. The van der Waals surface area contributed by atoms with Gasteiger partial charge in [0, 0.05) is 16.5 Å². The molecule has 0 bridgehead atoms. The second-order valence-corrected chi connectivity index (χ2v) is 5.86. The van der Waals surface area contributed by atoms with Crippen molar-refractivity contribution in [3.05, 3.63) is 83.4 Å². The van der Waals surface area contributed by atoms with Gasteiger partial charge in [0.05, 0.1) is 12.6 Å². The summed E-state index contributed by atoms with van der Waals surface area (Å²) < 4.78 is 0. The van der Waals surface area contributed by atoms with Gasteiger partial charge in [-0.25, -0.2) is 0 Å². The summed E-state index contributed by atoms with van der Waals surface area (Å²) in [5.74, 6) is -0.724. The molecule has 1 heterocycles. The Morgan fingerprint density at radius 3 is 1.96 bits per heavy atom. The molecular formula is C20H15NO3. The molecule has 0 aromatic heterocycles. The van der Waals surface area contributed by atoms with E-state index in [1.807, 2.05) is 30.3 Å². The molecule has 1 aliphatic rings. The van der Waals surface area contributed by atoms with E-state index >= 15 is 0 Å². The monoisotopic (exact) mass is 317 g/mol. The smallest absolute Gasteiger partial charge is 0.261 e. The van der Waals surface area contributed by atoms with Gasteiger partial charge >= 0.3 is 0 Å². The van der Waals surface area contributed by atoms with Crippen molar-refractivity contribution in [1.29, 1.82) is 0 Å². The molecule has 0 radical (unpaired) electrons. The van der Waals surface area contributed by atoms with Gasteiger partial charge in [0.25, 0.3) is 11.8 Å². The van der Waals surface area contributed by atoms with Crippen LogP contribution in [-0.4, -0.2) is 28.4 Å². The number of hydrogen-bond acceptors (Lipinski definition) is 3. The number of carbonyl (C=O) groups excluding carboxylic acids is 2. The van der Waals surface area contributed by atoms with E-state index in [2.05, 4.69) is 0 Å². The lowest BCUT2D eigenvalue weighted by molar-refractivity contribution is 0.0500. The molecule has 0 spiro atoms. The third-order valence-corrected chi connectivity index (χ3v) is 4.40. The number of amides is 2. The predicted octanol–water partition coefficient (Wildman–Crippen LogP) is 3.17. The van der Waals surface area contributed by atoms with Gasteiger partial charge in [0.15, 0.2) is 0 Å². The molecular weight excluding hydrogens is 302 g/mol. The second-order valence-electron chi connectivity index (χ2n) is 5.86. The lowest BCUT2D eigenvalue weighted by Crippen LogP contribution is -2.42. The molecule has 4 nitrogen and oxygen atoms in total. The summed E-state index contributed by atoms with van der Waals surface area (Å²) in [7, 11) is 0. The second kappa shape index (κ2) is 5.58. The Balaban J connectivity index is 1.74. The van der Waals surface area contributed by atoms with E-state index in [-0.39, 0.29) is 18.4 Å². The average molecular weight is 317 g/mol. The van der Waals surface area contributed by atoms with Crippen molar-refractivity contribution in [1.82, 2.24) is 4.90 Å². The predicted molar refractivity (Wildman–Crippen MR) is 90.7 cm³/mol. The highest BCUT2D eigenvalue weighted by Crippen LogP contribution is 2.30. The average Bonchev–Trinajstić information content (AvgIpc) is 2.63. The number of aliphatic hydroxyl groups is 1. The molecule has 0 saturated carbocycles. The molecule has 4 heteroatoms. The van der Waals surface area contributed by atoms with Crippen LogP contribution < -0.4 is 0 Å². The summed E-state index contributed by atoms with van der Waals surface area (Å²) in [5, 5.41) is 12.0. The van der Waals surface area contributed by atoms with Crippen molar-refractivity contribution in [2.75, 3.05) is 6.54 Å². The van der Waals surface area contributed by atoms with Crippen LogP contribution in [0.1, 0.15) is 32.4 Å². The van der Waals surface area contributed by atoms with Crippen molar-refractivity contribution < 1.29 is 14.7 Å². The Kier molecular flexibility index (Phi) is 3.40. The van der Waals surface area contributed by atoms with Gasteiger partial charge in [-0.05, 0) is 23.1 Å². The zero-order valence-electron chi connectivity index (χ0n) is 12.8. The Morgan fingerprint density at radius 1 is 0.792 bits per heavy atom. The van der Waals surface area contributed by atoms with Crippen LogP contribution in [0.3, 0.4) is 0 Å². The van der Waals surface area contributed by atoms with Crippen molar-refractivity contribution in [2.45, 2.75) is 6.10 Å². The van der Waals surface area contributed by atoms with E-state index in [0.29, 0.717) is 22.1 Å². The number of aliphatic hydroxyl groups excluding tert-OH is 1. The molecule has 0 fully saturated rings. The first-order valence-corrected chi connectivity index (χ1v) is 7.78. The number of rotatable bonds is 3. The van der Waals surface area contributed by atoms with Crippen LogP contribution in [0.15, 0.2) is 66.7 Å². The van der Waals surface area contributed by atoms with Crippen molar-refractivity contribution >= 4 is 22.6 Å². The van der Waals surface area contributed by atoms with Crippen LogP contribution in [0.25, 0.3) is 10.8 Å². The fraction of sp³-hybridized carbons (Fsp3) is 0.100. The number of β-amino-alcohol motifs (C(OH)–C–C–N with tert-alkyl or cyclic N) is 1. The summed E-state index contributed by atoms with van der Waals surface area (Å²) in [5.41, 5.74) is 1.68. The van der Waals surface area contributed by atoms with Crippen LogP contribution in [-0.2, 0) is 0 Å². The summed E-state index contributed by atoms with van der Waals surface area (Å²) >= 11 is 0. The summed E-state index contributed by atoms with van der Waals surface area (Å²) in [4.78, 5) is 26.7. The first-order chi connectivity index (χ1) is 11.7. The first-order valence-electron chi connectivity index (χ1n) is 7.78. The fourth-order valence-electron chi connectivity index (χ4n) is 3.20. The SMILES string of the molecule is O=C1c2cccc3cccc(c23)C(=O)N1C[C@@H](O)c1ccccc1. The van der Waals surface area contributed by atoms with Gasteiger partial charge in [-0.2, -0.15) is 0 Å². The lowest BCUT2D eigenvalue weighted by Gasteiger charge is -2.28. The summed E-state index contributed by atoms with van der Waals surface area (Å²) in [6.45, 7) is -0.0631. The Morgan fingerprint density at radius 2 is 1.38 bits per heavy atom. The third-order valence-electron chi connectivity index (χ3n) is 4.40. The van der Waals surface area contributed by atoms with Crippen LogP contribution in [0.5, 0.6) is 0 Å². The van der Waals surface area contributed by atoms with Gasteiger partial charge in [0.2, 0.25) is 0 Å². The molecule has 24 heavy (non-hydrogen) atoms. The highest BCUT2D eigenvalue weighted by Gasteiger charge is 2.33. The molecule has 1 N–H and O–H groups in total. The van der Waals surface area contributed by atoms with E-state index < -0.39 is 6.10 Å². The molecule has 0 saturated heterocycles. The minimum Gasteiger partial charge on any atom is -0.387 e. The molecule has 3 aromatic carbocycles. The van der Waals surface area contributed by atoms with Gasteiger partial charge in [-0.15, -0.1) is 0 Å². The maximum absolute atomic E-state index is 12.8. The van der Waals surface area contributed by atoms with Gasteiger partial charge < -0.3 is 5.11 Å². The molecule has 3 aromatic rings. The van der Waals surface area contributed by atoms with E-state index in [9.17, 15) is 14.7 Å². The standard InChI is InChI=1S/C20H15NO3/c22-17(13-6-2-1-3-7-13)12-21-19(23)15-10-4-8-14-9-5-11-16(18(14)15)20(21)24/h1-11,17,22H,12H2/t17-/m1/s1. The summed E-state index contributed by atoms with van der Waals surface area (Å²) in [6.07, 6.45) is -0.913. The van der Waals surface area contributed by atoms with E-state index in [1.165, 1.54) is 0 Å². The van der Waals surface area contributed by atoms with Gasteiger partial charge in [0.1, 0.15) is 0 Å². The largest absolute Gasteiger partial charge is 0.387 e. The number of benzene rings is 3. The quantitative estimate of drug-likeness (QED) is 0.755. The van der Waals surface area contributed by atoms with Gasteiger partial charge in [-0.3, -0.25) is 14.5 Å². The van der Waals surface area contributed by atoms with Crippen LogP contribution in [0, 0.1) is 0 Å². The van der Waals surface area contributed by atoms with E-state index in [1.54, 1.807) is 36.4 Å². The molecule has 0 unspecified atom stereocenters. The Labute approximate surface area is 139 Å². The normalized spacial score (nSPS) is 15.0.